The molecule has 0 radical (unpaired) electrons. The van der Waals surface area contributed by atoms with Gasteiger partial charge < -0.3 is 0 Å². The van der Waals surface area contributed by atoms with E-state index in [4.69, 9.17) is 0 Å². The molecule has 0 unspecified atom stereocenters. The lowest BCUT2D eigenvalue weighted by Gasteiger charge is -2.08. The molecule has 1 heteroatoms. The van der Waals surface area contributed by atoms with Gasteiger partial charge in [0.1, 0.15) is 5.82 Å². The van der Waals surface area contributed by atoms with E-state index < -0.39 is 0 Å². The van der Waals surface area contributed by atoms with E-state index in [0.717, 1.165) is 34.9 Å². The quantitative estimate of drug-likeness (QED) is 0.201. The smallest absolute Gasteiger partial charge is 0.138 e. The van der Waals surface area contributed by atoms with Crippen molar-refractivity contribution >= 4 is 10.8 Å². The summed E-state index contributed by atoms with van der Waals surface area (Å²) in [5, 5.41) is 1.50. The van der Waals surface area contributed by atoms with Crippen molar-refractivity contribution in [2.75, 3.05) is 0 Å². The average molecular weight is 435 g/mol. The van der Waals surface area contributed by atoms with Crippen LogP contribution in [-0.2, 0) is 12.8 Å². The van der Waals surface area contributed by atoms with Gasteiger partial charge in [-0.3, -0.25) is 0 Å². The van der Waals surface area contributed by atoms with Crippen LogP contribution in [0.5, 0.6) is 0 Å². The standard InChI is InChI=1S/C32H31F/c1-3-5-6-7-8-25-9-11-26(12-10-25)13-14-27-17-21-31-29(23-27)20-22-30(32(31)33)28-18-15-24(4-2)16-19-28/h9-12,15-23H,3-8H2,1-2H3. The van der Waals surface area contributed by atoms with E-state index in [-0.39, 0.29) is 5.82 Å². The van der Waals surface area contributed by atoms with E-state index in [9.17, 15) is 0 Å². The van der Waals surface area contributed by atoms with Gasteiger partial charge in [-0.15, -0.1) is 0 Å². The first-order valence-electron chi connectivity index (χ1n) is 12.1. The summed E-state index contributed by atoms with van der Waals surface area (Å²) in [6.07, 6.45) is 7.24. The molecule has 33 heavy (non-hydrogen) atoms. The summed E-state index contributed by atoms with van der Waals surface area (Å²) in [5.41, 5.74) is 6.07. The third-order valence-corrected chi connectivity index (χ3v) is 6.25. The van der Waals surface area contributed by atoms with Gasteiger partial charge in [-0.2, -0.15) is 0 Å². The lowest BCUT2D eigenvalue weighted by molar-refractivity contribution is 0.643. The van der Waals surface area contributed by atoms with E-state index in [1.165, 1.54) is 36.8 Å². The van der Waals surface area contributed by atoms with Crippen LogP contribution in [0.15, 0.2) is 78.9 Å². The number of halogens is 1. The second kappa shape index (κ2) is 11.0. The highest BCUT2D eigenvalue weighted by atomic mass is 19.1. The molecule has 4 rings (SSSR count). The Labute approximate surface area is 197 Å². The Morgan fingerprint density at radius 2 is 1.36 bits per heavy atom. The summed E-state index contributed by atoms with van der Waals surface area (Å²) in [6, 6.07) is 26.3. The SMILES string of the molecule is CCCCCCc1ccc(C#Cc2ccc3c(F)c(-c4ccc(CC)cc4)ccc3c2)cc1. The lowest BCUT2D eigenvalue weighted by atomic mass is 9.98. The molecular formula is C32H31F. The van der Waals surface area contributed by atoms with E-state index in [1.54, 1.807) is 0 Å². The molecule has 0 heterocycles. The predicted octanol–water partition coefficient (Wildman–Crippen LogP) is 8.73. The van der Waals surface area contributed by atoms with Gasteiger partial charge in [0, 0.05) is 22.1 Å². The Balaban J connectivity index is 1.50. The van der Waals surface area contributed by atoms with Crippen LogP contribution in [0.25, 0.3) is 21.9 Å². The summed E-state index contributed by atoms with van der Waals surface area (Å²) < 4.78 is 15.3. The predicted molar refractivity (Wildman–Crippen MR) is 139 cm³/mol. The van der Waals surface area contributed by atoms with Crippen molar-refractivity contribution < 1.29 is 4.39 Å². The molecule has 0 bridgehead atoms. The number of rotatable bonds is 7. The molecule has 166 valence electrons. The van der Waals surface area contributed by atoms with E-state index in [0.29, 0.717) is 10.9 Å². The maximum Gasteiger partial charge on any atom is 0.138 e. The van der Waals surface area contributed by atoms with Gasteiger partial charge in [0.2, 0.25) is 0 Å². The fourth-order valence-corrected chi connectivity index (χ4v) is 4.17. The first kappa shape index (κ1) is 22.8. The number of unbranched alkanes of at least 4 members (excludes halogenated alkanes) is 3. The van der Waals surface area contributed by atoms with E-state index >= 15 is 4.39 Å². The zero-order chi connectivity index (χ0) is 23.0. The highest BCUT2D eigenvalue weighted by Crippen LogP contribution is 2.29. The molecule has 4 aromatic carbocycles. The van der Waals surface area contributed by atoms with Crippen LogP contribution in [0.4, 0.5) is 4.39 Å². The van der Waals surface area contributed by atoms with E-state index in [1.807, 2.05) is 42.5 Å². The third-order valence-electron chi connectivity index (χ3n) is 6.25. The van der Waals surface area contributed by atoms with Gasteiger partial charge in [0.25, 0.3) is 0 Å². The zero-order valence-electron chi connectivity index (χ0n) is 19.6. The van der Waals surface area contributed by atoms with Crippen molar-refractivity contribution in [3.05, 3.63) is 107 Å². The number of hydrogen-bond donors (Lipinski definition) is 0. The van der Waals surface area contributed by atoms with Gasteiger partial charge >= 0.3 is 0 Å². The minimum absolute atomic E-state index is 0.175. The molecule has 0 fully saturated rings. The first-order chi connectivity index (χ1) is 16.2. The van der Waals surface area contributed by atoms with Crippen molar-refractivity contribution in [3.63, 3.8) is 0 Å². The molecule has 0 aliphatic carbocycles. The van der Waals surface area contributed by atoms with Gasteiger partial charge in [-0.1, -0.05) is 99.5 Å². The molecule has 0 saturated carbocycles. The molecule has 0 spiro atoms. The second-order valence-electron chi connectivity index (χ2n) is 8.67. The third kappa shape index (κ3) is 5.71. The minimum Gasteiger partial charge on any atom is -0.206 e. The largest absolute Gasteiger partial charge is 0.206 e. The highest BCUT2D eigenvalue weighted by molar-refractivity contribution is 5.89. The molecule has 4 aromatic rings. The molecule has 0 aliphatic heterocycles. The lowest BCUT2D eigenvalue weighted by Crippen LogP contribution is -1.89. The molecular weight excluding hydrogens is 403 g/mol. The Kier molecular flexibility index (Phi) is 7.59. The molecule has 0 amide bonds. The Morgan fingerprint density at radius 1 is 0.667 bits per heavy atom. The van der Waals surface area contributed by atoms with Crippen LogP contribution >= 0.6 is 0 Å². The summed E-state index contributed by atoms with van der Waals surface area (Å²) in [7, 11) is 0. The summed E-state index contributed by atoms with van der Waals surface area (Å²) in [6.45, 7) is 4.36. The number of hydrogen-bond acceptors (Lipinski definition) is 0. The Bertz CT molecular complexity index is 1270. The number of benzene rings is 4. The zero-order valence-corrected chi connectivity index (χ0v) is 19.6. The minimum atomic E-state index is -0.175. The van der Waals surface area contributed by atoms with Crippen LogP contribution < -0.4 is 0 Å². The normalized spacial score (nSPS) is 10.8. The molecule has 0 nitrogen and oxygen atoms in total. The first-order valence-corrected chi connectivity index (χ1v) is 12.1. The molecule has 0 atom stereocenters. The van der Waals surface area contributed by atoms with Crippen molar-refractivity contribution in [3.8, 4) is 23.0 Å². The maximum absolute atomic E-state index is 15.3. The van der Waals surface area contributed by atoms with Crippen LogP contribution in [0, 0.1) is 17.7 Å². The van der Waals surface area contributed by atoms with E-state index in [2.05, 4.69) is 62.1 Å². The second-order valence-corrected chi connectivity index (χ2v) is 8.67. The summed E-state index contributed by atoms with van der Waals surface area (Å²) in [4.78, 5) is 0. The van der Waals surface area contributed by atoms with Gasteiger partial charge in [-0.05, 0) is 65.6 Å². The van der Waals surface area contributed by atoms with Crippen LogP contribution in [0.3, 0.4) is 0 Å². The van der Waals surface area contributed by atoms with Crippen molar-refractivity contribution in [2.24, 2.45) is 0 Å². The maximum atomic E-state index is 15.3. The van der Waals surface area contributed by atoms with Crippen LogP contribution in [-0.4, -0.2) is 0 Å². The van der Waals surface area contributed by atoms with Crippen LogP contribution in [0.2, 0.25) is 0 Å². The molecule has 0 aliphatic rings. The summed E-state index contributed by atoms with van der Waals surface area (Å²) >= 11 is 0. The average Bonchev–Trinajstić information content (AvgIpc) is 2.86. The highest BCUT2D eigenvalue weighted by Gasteiger charge is 2.09. The fraction of sp³-hybridized carbons (Fsp3) is 0.250. The fourth-order valence-electron chi connectivity index (χ4n) is 4.17. The molecule has 0 N–H and O–H groups in total. The monoisotopic (exact) mass is 434 g/mol. The topological polar surface area (TPSA) is 0 Å². The Morgan fingerprint density at radius 3 is 2.09 bits per heavy atom. The van der Waals surface area contributed by atoms with Crippen LogP contribution in [0.1, 0.15) is 61.8 Å². The number of fused-ring (bicyclic) bond motifs is 1. The van der Waals surface area contributed by atoms with Gasteiger partial charge in [0.15, 0.2) is 0 Å². The molecule has 0 aromatic heterocycles. The van der Waals surface area contributed by atoms with Crippen molar-refractivity contribution in [1.82, 2.24) is 0 Å². The number of aryl methyl sites for hydroxylation is 2. The van der Waals surface area contributed by atoms with Gasteiger partial charge in [0.05, 0.1) is 0 Å². The Hall–Kier alpha value is -3.37. The van der Waals surface area contributed by atoms with Crippen molar-refractivity contribution in [2.45, 2.75) is 52.4 Å². The van der Waals surface area contributed by atoms with Crippen molar-refractivity contribution in [1.29, 1.82) is 0 Å². The summed E-state index contributed by atoms with van der Waals surface area (Å²) in [5.74, 6) is 6.31. The van der Waals surface area contributed by atoms with Gasteiger partial charge in [-0.25, -0.2) is 4.39 Å². The molecule has 0 saturated heterocycles.